The van der Waals surface area contributed by atoms with Gasteiger partial charge in [-0.05, 0) is 37.8 Å². The minimum absolute atomic E-state index is 0.112. The van der Waals surface area contributed by atoms with E-state index in [4.69, 9.17) is 19.9 Å². The number of carbonyl (C=O) groups is 1. The van der Waals surface area contributed by atoms with Gasteiger partial charge in [-0.2, -0.15) is 5.10 Å². The first-order valence-corrected chi connectivity index (χ1v) is 8.99. The average molecular weight is 360 g/mol. The van der Waals surface area contributed by atoms with Crippen LogP contribution in [0.25, 0.3) is 5.52 Å². The smallest absolute Gasteiger partial charge is 0.434 e. The van der Waals surface area contributed by atoms with Crippen LogP contribution in [0, 0.1) is 11.8 Å². The highest BCUT2D eigenvalue weighted by molar-refractivity contribution is 5.65. The van der Waals surface area contributed by atoms with Crippen molar-refractivity contribution >= 4 is 17.5 Å². The first-order chi connectivity index (χ1) is 12.4. The van der Waals surface area contributed by atoms with Gasteiger partial charge in [-0.3, -0.25) is 0 Å². The summed E-state index contributed by atoms with van der Waals surface area (Å²) < 4.78 is 18.6. The van der Waals surface area contributed by atoms with Gasteiger partial charge in [-0.15, -0.1) is 0 Å². The SMILES string of the molecule is CC(C)CCOC(=O)OC1C2C[C@H](c3ccc4c(N)ncnn34)O[C@@]21C. The van der Waals surface area contributed by atoms with Crippen molar-refractivity contribution in [2.45, 2.75) is 51.4 Å². The second kappa shape index (κ2) is 6.12. The molecule has 140 valence electrons. The molecular formula is C18H24N4O4. The Kier molecular flexibility index (Phi) is 4.02. The Labute approximate surface area is 151 Å². The molecule has 1 saturated carbocycles. The molecule has 8 nitrogen and oxygen atoms in total. The van der Waals surface area contributed by atoms with E-state index in [1.165, 1.54) is 6.33 Å². The molecule has 2 fully saturated rings. The molecule has 0 bridgehead atoms. The summed E-state index contributed by atoms with van der Waals surface area (Å²) in [5, 5.41) is 4.26. The van der Waals surface area contributed by atoms with Crippen molar-refractivity contribution in [3.8, 4) is 0 Å². The number of hydrogen-bond acceptors (Lipinski definition) is 7. The Bertz CT molecular complexity index is 836. The maximum absolute atomic E-state index is 11.8. The van der Waals surface area contributed by atoms with Gasteiger partial charge in [0.25, 0.3) is 0 Å². The van der Waals surface area contributed by atoms with Gasteiger partial charge in [0.1, 0.15) is 29.7 Å². The van der Waals surface area contributed by atoms with Crippen molar-refractivity contribution in [2.75, 3.05) is 12.3 Å². The van der Waals surface area contributed by atoms with Crippen molar-refractivity contribution in [1.82, 2.24) is 14.6 Å². The number of anilines is 1. The summed E-state index contributed by atoms with van der Waals surface area (Å²) in [5.74, 6) is 1.08. The zero-order chi connectivity index (χ0) is 18.5. The molecule has 1 aliphatic carbocycles. The van der Waals surface area contributed by atoms with E-state index in [0.717, 1.165) is 24.1 Å². The lowest BCUT2D eigenvalue weighted by Crippen LogP contribution is -2.22. The van der Waals surface area contributed by atoms with Crippen molar-refractivity contribution < 1.29 is 19.0 Å². The second-order valence-electron chi connectivity index (χ2n) is 7.65. The number of rotatable bonds is 5. The fraction of sp³-hybridized carbons (Fsp3) is 0.611. The van der Waals surface area contributed by atoms with E-state index in [2.05, 4.69) is 23.9 Å². The van der Waals surface area contributed by atoms with Crippen LogP contribution in [0.2, 0.25) is 0 Å². The minimum Gasteiger partial charge on any atom is -0.434 e. The van der Waals surface area contributed by atoms with Crippen LogP contribution in [-0.4, -0.2) is 39.1 Å². The van der Waals surface area contributed by atoms with Crippen LogP contribution in [0.5, 0.6) is 0 Å². The number of ether oxygens (including phenoxy) is 3. The first-order valence-electron chi connectivity index (χ1n) is 8.99. The minimum atomic E-state index is -0.611. The van der Waals surface area contributed by atoms with Crippen molar-refractivity contribution in [1.29, 1.82) is 0 Å². The van der Waals surface area contributed by atoms with E-state index in [9.17, 15) is 4.79 Å². The van der Waals surface area contributed by atoms with Crippen LogP contribution < -0.4 is 5.73 Å². The molecule has 2 aliphatic rings. The van der Waals surface area contributed by atoms with Crippen LogP contribution in [-0.2, 0) is 14.2 Å². The molecule has 4 rings (SSSR count). The van der Waals surface area contributed by atoms with E-state index >= 15 is 0 Å². The Morgan fingerprint density at radius 2 is 2.31 bits per heavy atom. The third-order valence-corrected chi connectivity index (χ3v) is 5.40. The summed E-state index contributed by atoms with van der Waals surface area (Å²) >= 11 is 0. The van der Waals surface area contributed by atoms with Gasteiger partial charge in [0.2, 0.25) is 0 Å². The van der Waals surface area contributed by atoms with Crippen LogP contribution in [0.1, 0.15) is 45.4 Å². The fourth-order valence-corrected chi connectivity index (χ4v) is 3.74. The van der Waals surface area contributed by atoms with E-state index in [1.807, 2.05) is 19.1 Å². The quantitative estimate of drug-likeness (QED) is 0.818. The molecule has 0 aromatic carbocycles. The van der Waals surface area contributed by atoms with Gasteiger partial charge >= 0.3 is 6.16 Å². The molecule has 2 unspecified atom stereocenters. The summed E-state index contributed by atoms with van der Waals surface area (Å²) in [6.07, 6.45) is 2.04. The summed E-state index contributed by atoms with van der Waals surface area (Å²) in [5.41, 5.74) is 7.11. The second-order valence-corrected chi connectivity index (χ2v) is 7.65. The van der Waals surface area contributed by atoms with Crippen molar-refractivity contribution in [3.63, 3.8) is 0 Å². The zero-order valence-electron chi connectivity index (χ0n) is 15.2. The molecule has 2 aromatic rings. The summed E-state index contributed by atoms with van der Waals surface area (Å²) in [6.45, 7) is 6.52. The van der Waals surface area contributed by atoms with Crippen LogP contribution in [0.4, 0.5) is 10.6 Å². The van der Waals surface area contributed by atoms with Crippen molar-refractivity contribution in [3.05, 3.63) is 24.2 Å². The molecule has 4 atom stereocenters. The lowest BCUT2D eigenvalue weighted by atomic mass is 10.1. The van der Waals surface area contributed by atoms with Crippen LogP contribution >= 0.6 is 0 Å². The fourth-order valence-electron chi connectivity index (χ4n) is 3.74. The molecule has 1 aliphatic heterocycles. The number of nitrogens with two attached hydrogens (primary N) is 1. The summed E-state index contributed by atoms with van der Waals surface area (Å²) in [6, 6.07) is 3.84. The third kappa shape index (κ3) is 2.78. The average Bonchev–Trinajstić information content (AvgIpc) is 2.96. The molecule has 2 N–H and O–H groups in total. The highest BCUT2D eigenvalue weighted by Crippen LogP contribution is 2.61. The summed E-state index contributed by atoms with van der Waals surface area (Å²) in [4.78, 5) is 15.8. The Morgan fingerprint density at radius 1 is 1.50 bits per heavy atom. The van der Waals surface area contributed by atoms with Gasteiger partial charge in [0.05, 0.1) is 12.3 Å². The molecule has 3 heterocycles. The van der Waals surface area contributed by atoms with Gasteiger partial charge < -0.3 is 19.9 Å². The van der Waals surface area contributed by atoms with E-state index in [1.54, 1.807) is 4.52 Å². The number of hydrogen-bond donors (Lipinski definition) is 1. The number of aromatic nitrogens is 3. The molecular weight excluding hydrogens is 336 g/mol. The Morgan fingerprint density at radius 3 is 3.00 bits per heavy atom. The van der Waals surface area contributed by atoms with E-state index in [0.29, 0.717) is 18.3 Å². The van der Waals surface area contributed by atoms with Crippen LogP contribution in [0.3, 0.4) is 0 Å². The maximum Gasteiger partial charge on any atom is 0.508 e. The number of nitrogen functional groups attached to an aromatic ring is 1. The Balaban J connectivity index is 1.37. The first kappa shape index (κ1) is 17.1. The number of carbonyl (C=O) groups excluding carboxylic acids is 1. The highest BCUT2D eigenvalue weighted by atomic mass is 16.7. The predicted octanol–water partition coefficient (Wildman–Crippen LogP) is 2.73. The monoisotopic (exact) mass is 360 g/mol. The maximum atomic E-state index is 11.8. The van der Waals surface area contributed by atoms with Gasteiger partial charge in [0.15, 0.2) is 5.82 Å². The molecule has 8 heteroatoms. The van der Waals surface area contributed by atoms with Gasteiger partial charge in [0, 0.05) is 5.92 Å². The zero-order valence-corrected chi connectivity index (χ0v) is 15.2. The standard InChI is InChI=1S/C18H24N4O4/c1-10(2)6-7-24-17(23)25-15-11-8-14(26-18(11,15)3)12-4-5-13-16(19)20-9-21-22(12)13/h4-5,9-11,14-15H,6-8H2,1-3H3,(H2,19,20,21)/t11?,14-,15?,18+/m1/s1. The third-order valence-electron chi connectivity index (χ3n) is 5.40. The van der Waals surface area contributed by atoms with E-state index in [-0.39, 0.29) is 18.1 Å². The Hall–Kier alpha value is -2.35. The number of nitrogens with zero attached hydrogens (tertiary/aromatic N) is 3. The normalized spacial score (nSPS) is 29.8. The largest absolute Gasteiger partial charge is 0.508 e. The topological polar surface area (TPSA) is 101 Å². The molecule has 0 amide bonds. The van der Waals surface area contributed by atoms with Crippen molar-refractivity contribution in [2.24, 2.45) is 11.8 Å². The van der Waals surface area contributed by atoms with Gasteiger partial charge in [-0.1, -0.05) is 13.8 Å². The predicted molar refractivity (Wildman–Crippen MR) is 93.4 cm³/mol. The summed E-state index contributed by atoms with van der Waals surface area (Å²) in [7, 11) is 0. The molecule has 2 aromatic heterocycles. The molecule has 0 spiro atoms. The highest BCUT2D eigenvalue weighted by Gasteiger charge is 2.71. The lowest BCUT2D eigenvalue weighted by molar-refractivity contribution is -0.0436. The van der Waals surface area contributed by atoms with E-state index < -0.39 is 11.8 Å². The van der Waals surface area contributed by atoms with Gasteiger partial charge in [-0.25, -0.2) is 14.3 Å². The molecule has 26 heavy (non-hydrogen) atoms. The number of fused-ring (bicyclic) bond motifs is 2. The van der Waals surface area contributed by atoms with Crippen LogP contribution in [0.15, 0.2) is 18.5 Å². The molecule has 0 radical (unpaired) electrons. The lowest BCUT2D eigenvalue weighted by Gasteiger charge is -2.19. The molecule has 1 saturated heterocycles.